The summed E-state index contributed by atoms with van der Waals surface area (Å²) in [5, 5.41) is 6.01. The van der Waals surface area contributed by atoms with Crippen molar-refractivity contribution in [2.75, 3.05) is 13.2 Å². The molecule has 0 saturated carbocycles. The molecule has 1 saturated heterocycles. The first-order chi connectivity index (χ1) is 11.0. The molecule has 2 atom stereocenters. The van der Waals surface area contributed by atoms with E-state index in [1.807, 2.05) is 13.8 Å². The summed E-state index contributed by atoms with van der Waals surface area (Å²) in [7, 11) is 0. The van der Waals surface area contributed by atoms with Gasteiger partial charge in [0, 0.05) is 13.2 Å². The van der Waals surface area contributed by atoms with Crippen LogP contribution in [-0.4, -0.2) is 37.1 Å². The van der Waals surface area contributed by atoms with Crippen molar-refractivity contribution in [1.29, 1.82) is 0 Å². The predicted octanol–water partition coefficient (Wildman–Crippen LogP) is 2.39. The van der Waals surface area contributed by atoms with Crippen molar-refractivity contribution in [3.05, 3.63) is 34.9 Å². The van der Waals surface area contributed by atoms with Crippen LogP contribution < -0.4 is 10.6 Å². The van der Waals surface area contributed by atoms with E-state index in [0.717, 1.165) is 19.4 Å². The van der Waals surface area contributed by atoms with Crippen LogP contribution in [-0.2, 0) is 9.53 Å². The molecule has 0 radical (unpaired) electrons. The average Bonchev–Trinajstić information content (AvgIpc) is 3.03. The van der Waals surface area contributed by atoms with E-state index in [1.54, 1.807) is 24.3 Å². The Morgan fingerprint density at radius 3 is 2.70 bits per heavy atom. The molecule has 1 aliphatic heterocycles. The third-order valence-corrected chi connectivity index (χ3v) is 4.21. The van der Waals surface area contributed by atoms with Gasteiger partial charge in [-0.05, 0) is 30.9 Å². The monoisotopic (exact) mass is 338 g/mol. The molecule has 1 aromatic rings. The van der Waals surface area contributed by atoms with Crippen LogP contribution in [0.1, 0.15) is 37.0 Å². The third kappa shape index (κ3) is 4.94. The molecule has 2 rings (SSSR count). The highest BCUT2D eigenvalue weighted by atomic mass is 35.5. The highest BCUT2D eigenvalue weighted by Crippen LogP contribution is 2.16. The van der Waals surface area contributed by atoms with Crippen LogP contribution >= 0.6 is 11.6 Å². The van der Waals surface area contributed by atoms with Gasteiger partial charge in [-0.15, -0.1) is 0 Å². The SMILES string of the molecule is CC(C)C(NC(=O)c1ccccc1Cl)C(=O)NCC1CCCO1. The van der Waals surface area contributed by atoms with Crippen molar-refractivity contribution in [2.24, 2.45) is 5.92 Å². The van der Waals surface area contributed by atoms with E-state index in [0.29, 0.717) is 17.1 Å². The first-order valence-electron chi connectivity index (χ1n) is 7.93. The lowest BCUT2D eigenvalue weighted by Crippen LogP contribution is -2.51. The van der Waals surface area contributed by atoms with Crippen molar-refractivity contribution in [3.8, 4) is 0 Å². The number of ether oxygens (including phenoxy) is 1. The van der Waals surface area contributed by atoms with Gasteiger partial charge in [-0.2, -0.15) is 0 Å². The summed E-state index contributed by atoms with van der Waals surface area (Å²) in [6, 6.07) is 6.17. The second-order valence-corrected chi connectivity index (χ2v) is 6.46. The Balaban J connectivity index is 1.96. The Morgan fingerprint density at radius 2 is 2.09 bits per heavy atom. The maximum absolute atomic E-state index is 12.4. The molecule has 1 fully saturated rings. The summed E-state index contributed by atoms with van der Waals surface area (Å²) < 4.78 is 5.49. The molecule has 2 unspecified atom stereocenters. The molecule has 2 amide bonds. The molecular formula is C17H23ClN2O3. The minimum absolute atomic E-state index is 0.0362. The van der Waals surface area contributed by atoms with E-state index in [4.69, 9.17) is 16.3 Å². The molecule has 23 heavy (non-hydrogen) atoms. The van der Waals surface area contributed by atoms with Gasteiger partial charge in [-0.3, -0.25) is 9.59 Å². The van der Waals surface area contributed by atoms with Crippen molar-refractivity contribution in [2.45, 2.75) is 38.8 Å². The van der Waals surface area contributed by atoms with Crippen LogP contribution in [0.3, 0.4) is 0 Å². The van der Waals surface area contributed by atoms with Crippen molar-refractivity contribution in [1.82, 2.24) is 10.6 Å². The molecule has 5 nitrogen and oxygen atoms in total. The number of nitrogens with one attached hydrogen (secondary N) is 2. The Hall–Kier alpha value is -1.59. The van der Waals surface area contributed by atoms with Gasteiger partial charge in [0.05, 0.1) is 16.7 Å². The number of benzene rings is 1. The second kappa shape index (κ2) is 8.31. The topological polar surface area (TPSA) is 67.4 Å². The van der Waals surface area contributed by atoms with Gasteiger partial charge in [0.25, 0.3) is 5.91 Å². The van der Waals surface area contributed by atoms with Gasteiger partial charge >= 0.3 is 0 Å². The molecule has 0 spiro atoms. The zero-order chi connectivity index (χ0) is 16.8. The molecular weight excluding hydrogens is 316 g/mol. The first-order valence-corrected chi connectivity index (χ1v) is 8.31. The van der Waals surface area contributed by atoms with E-state index < -0.39 is 6.04 Å². The van der Waals surface area contributed by atoms with E-state index in [9.17, 15) is 9.59 Å². The van der Waals surface area contributed by atoms with Crippen LogP contribution in [0, 0.1) is 5.92 Å². The van der Waals surface area contributed by atoms with Crippen LogP contribution in [0.15, 0.2) is 24.3 Å². The summed E-state index contributed by atoms with van der Waals surface area (Å²) in [5.41, 5.74) is 0.367. The fraction of sp³-hybridized carbons (Fsp3) is 0.529. The fourth-order valence-corrected chi connectivity index (χ4v) is 2.75. The second-order valence-electron chi connectivity index (χ2n) is 6.06. The molecule has 0 aliphatic carbocycles. The quantitative estimate of drug-likeness (QED) is 0.837. The fourth-order valence-electron chi connectivity index (χ4n) is 2.53. The van der Waals surface area contributed by atoms with E-state index in [1.165, 1.54) is 0 Å². The van der Waals surface area contributed by atoms with Crippen molar-refractivity contribution in [3.63, 3.8) is 0 Å². The molecule has 2 N–H and O–H groups in total. The zero-order valence-corrected chi connectivity index (χ0v) is 14.2. The minimum Gasteiger partial charge on any atom is -0.376 e. The lowest BCUT2D eigenvalue weighted by Gasteiger charge is -2.23. The molecule has 0 bridgehead atoms. The molecule has 6 heteroatoms. The van der Waals surface area contributed by atoms with Gasteiger partial charge < -0.3 is 15.4 Å². The number of carbonyl (C=O) groups is 2. The lowest BCUT2D eigenvalue weighted by molar-refractivity contribution is -0.124. The number of rotatable bonds is 6. The lowest BCUT2D eigenvalue weighted by atomic mass is 10.0. The van der Waals surface area contributed by atoms with E-state index in [2.05, 4.69) is 10.6 Å². The van der Waals surface area contributed by atoms with Crippen molar-refractivity contribution >= 4 is 23.4 Å². The summed E-state index contributed by atoms with van der Waals surface area (Å²) in [6.45, 7) is 5.01. The largest absolute Gasteiger partial charge is 0.376 e. The summed E-state index contributed by atoms with van der Waals surface area (Å²) in [5.74, 6) is -0.580. The Morgan fingerprint density at radius 1 is 1.35 bits per heavy atom. The standard InChI is InChI=1S/C17H23ClN2O3/c1-11(2)15(17(22)19-10-12-6-5-9-23-12)20-16(21)13-7-3-4-8-14(13)18/h3-4,7-8,11-12,15H,5-6,9-10H2,1-2H3,(H,19,22)(H,20,21). The van der Waals surface area contributed by atoms with E-state index >= 15 is 0 Å². The average molecular weight is 339 g/mol. The molecule has 1 aliphatic rings. The molecule has 126 valence electrons. The summed E-state index contributed by atoms with van der Waals surface area (Å²) in [4.78, 5) is 24.7. The van der Waals surface area contributed by atoms with Crippen LogP contribution in [0.2, 0.25) is 5.02 Å². The number of hydrogen-bond donors (Lipinski definition) is 2. The number of amides is 2. The Labute approximate surface area is 141 Å². The number of halogens is 1. The first kappa shape index (κ1) is 17.8. The minimum atomic E-state index is -0.611. The Bertz CT molecular complexity index is 557. The van der Waals surface area contributed by atoms with Gasteiger partial charge in [0.15, 0.2) is 0 Å². The summed E-state index contributed by atoms with van der Waals surface area (Å²) >= 11 is 6.03. The highest BCUT2D eigenvalue weighted by Gasteiger charge is 2.26. The van der Waals surface area contributed by atoms with Gasteiger partial charge in [-0.25, -0.2) is 0 Å². The molecule has 1 heterocycles. The van der Waals surface area contributed by atoms with Crippen LogP contribution in [0.25, 0.3) is 0 Å². The van der Waals surface area contributed by atoms with Gasteiger partial charge in [0.1, 0.15) is 6.04 Å². The molecule has 1 aromatic carbocycles. The predicted molar refractivity (Wildman–Crippen MR) is 89.5 cm³/mol. The maximum atomic E-state index is 12.4. The number of carbonyl (C=O) groups excluding carboxylic acids is 2. The normalized spacial score (nSPS) is 18.7. The third-order valence-electron chi connectivity index (χ3n) is 3.88. The van der Waals surface area contributed by atoms with E-state index in [-0.39, 0.29) is 23.8 Å². The van der Waals surface area contributed by atoms with Crippen LogP contribution in [0.4, 0.5) is 0 Å². The number of hydrogen-bond acceptors (Lipinski definition) is 3. The summed E-state index contributed by atoms with van der Waals surface area (Å²) in [6.07, 6.45) is 2.06. The zero-order valence-electron chi connectivity index (χ0n) is 13.5. The van der Waals surface area contributed by atoms with Gasteiger partial charge in [-0.1, -0.05) is 37.6 Å². The smallest absolute Gasteiger partial charge is 0.253 e. The van der Waals surface area contributed by atoms with Crippen LogP contribution in [0.5, 0.6) is 0 Å². The Kier molecular flexibility index (Phi) is 6.42. The molecule has 0 aromatic heterocycles. The highest BCUT2D eigenvalue weighted by molar-refractivity contribution is 6.33. The maximum Gasteiger partial charge on any atom is 0.253 e. The van der Waals surface area contributed by atoms with Gasteiger partial charge in [0.2, 0.25) is 5.91 Å². The van der Waals surface area contributed by atoms with Crippen molar-refractivity contribution < 1.29 is 14.3 Å².